The molecule has 1 unspecified atom stereocenters. The van der Waals surface area contributed by atoms with Crippen molar-refractivity contribution >= 4 is 5.97 Å². The van der Waals surface area contributed by atoms with Gasteiger partial charge in [-0.15, -0.1) is 0 Å². The molecule has 1 rings (SSSR count). The standard InChI is InChI=1S/C9H17NO3/c1-7(9(11)12)10-5-4-8-3-2-6-13-8/h7-8,10H,2-6H2,1H3,(H,11,12)/t7-,8?/m0/s1. The molecule has 1 aliphatic rings. The molecule has 4 heteroatoms. The summed E-state index contributed by atoms with van der Waals surface area (Å²) in [6.45, 7) is 3.23. The van der Waals surface area contributed by atoms with Crippen molar-refractivity contribution in [2.45, 2.75) is 38.3 Å². The molecule has 0 aromatic heterocycles. The van der Waals surface area contributed by atoms with Crippen LogP contribution in [0.5, 0.6) is 0 Å². The summed E-state index contributed by atoms with van der Waals surface area (Å²) in [5.74, 6) is -0.799. The van der Waals surface area contributed by atoms with Gasteiger partial charge in [0.25, 0.3) is 0 Å². The Morgan fingerprint density at radius 1 is 1.77 bits per heavy atom. The third-order valence-electron chi connectivity index (χ3n) is 2.31. The maximum atomic E-state index is 10.4. The zero-order chi connectivity index (χ0) is 9.68. The first-order valence-corrected chi connectivity index (χ1v) is 4.78. The lowest BCUT2D eigenvalue weighted by atomic mass is 10.2. The van der Waals surface area contributed by atoms with E-state index in [1.807, 2.05) is 0 Å². The summed E-state index contributed by atoms with van der Waals surface area (Å²) in [5, 5.41) is 11.5. The predicted molar refractivity (Wildman–Crippen MR) is 48.7 cm³/mol. The van der Waals surface area contributed by atoms with Gasteiger partial charge in [-0.3, -0.25) is 4.79 Å². The van der Waals surface area contributed by atoms with Crippen LogP contribution < -0.4 is 5.32 Å². The molecule has 2 atom stereocenters. The van der Waals surface area contributed by atoms with E-state index >= 15 is 0 Å². The van der Waals surface area contributed by atoms with Gasteiger partial charge in [-0.05, 0) is 32.7 Å². The number of carboxylic acids is 1. The third kappa shape index (κ3) is 3.74. The van der Waals surface area contributed by atoms with Gasteiger partial charge < -0.3 is 15.2 Å². The van der Waals surface area contributed by atoms with Crippen LogP contribution in [0.3, 0.4) is 0 Å². The first kappa shape index (κ1) is 10.5. The molecule has 0 amide bonds. The molecule has 0 spiro atoms. The van der Waals surface area contributed by atoms with Crippen molar-refractivity contribution in [3.8, 4) is 0 Å². The van der Waals surface area contributed by atoms with Crippen molar-refractivity contribution in [2.75, 3.05) is 13.2 Å². The monoisotopic (exact) mass is 187 g/mol. The van der Waals surface area contributed by atoms with Crippen molar-refractivity contribution in [1.82, 2.24) is 5.32 Å². The fourth-order valence-corrected chi connectivity index (χ4v) is 1.42. The Balaban J connectivity index is 2.02. The van der Waals surface area contributed by atoms with Crippen molar-refractivity contribution in [3.05, 3.63) is 0 Å². The highest BCUT2D eigenvalue weighted by Gasteiger charge is 2.16. The Morgan fingerprint density at radius 3 is 3.08 bits per heavy atom. The molecule has 4 nitrogen and oxygen atoms in total. The van der Waals surface area contributed by atoms with Crippen LogP contribution in [-0.4, -0.2) is 36.4 Å². The molecule has 1 aliphatic heterocycles. The second-order valence-electron chi connectivity index (χ2n) is 3.44. The maximum absolute atomic E-state index is 10.4. The van der Waals surface area contributed by atoms with Crippen LogP contribution in [0.1, 0.15) is 26.2 Å². The third-order valence-corrected chi connectivity index (χ3v) is 2.31. The molecule has 13 heavy (non-hydrogen) atoms. The average molecular weight is 187 g/mol. The molecule has 1 heterocycles. The SMILES string of the molecule is C[C@H](NCCC1CCCO1)C(=O)O. The number of rotatable bonds is 5. The van der Waals surface area contributed by atoms with Crippen molar-refractivity contribution < 1.29 is 14.6 Å². The molecular formula is C9H17NO3. The van der Waals surface area contributed by atoms with Crippen LogP contribution in [0.4, 0.5) is 0 Å². The summed E-state index contributed by atoms with van der Waals surface area (Å²) in [7, 11) is 0. The number of hydrogen-bond donors (Lipinski definition) is 2. The first-order chi connectivity index (χ1) is 6.20. The fourth-order valence-electron chi connectivity index (χ4n) is 1.42. The number of carboxylic acid groups (broad SMARTS) is 1. The molecule has 0 aliphatic carbocycles. The lowest BCUT2D eigenvalue weighted by Crippen LogP contribution is -2.35. The summed E-state index contributed by atoms with van der Waals surface area (Å²) >= 11 is 0. The maximum Gasteiger partial charge on any atom is 0.320 e. The van der Waals surface area contributed by atoms with E-state index in [0.717, 1.165) is 32.4 Å². The van der Waals surface area contributed by atoms with Gasteiger partial charge in [0.15, 0.2) is 0 Å². The number of aliphatic carboxylic acids is 1. The van der Waals surface area contributed by atoms with Gasteiger partial charge in [-0.1, -0.05) is 0 Å². The number of hydrogen-bond acceptors (Lipinski definition) is 3. The molecular weight excluding hydrogens is 170 g/mol. The lowest BCUT2D eigenvalue weighted by Gasteiger charge is -2.12. The summed E-state index contributed by atoms with van der Waals surface area (Å²) in [4.78, 5) is 10.4. The topological polar surface area (TPSA) is 58.6 Å². The molecule has 76 valence electrons. The number of carbonyl (C=O) groups is 1. The molecule has 0 aromatic rings. The predicted octanol–water partition coefficient (Wildman–Crippen LogP) is 0.618. The van der Waals surface area contributed by atoms with E-state index in [1.165, 1.54) is 0 Å². The zero-order valence-corrected chi connectivity index (χ0v) is 7.95. The molecule has 0 saturated carbocycles. The molecule has 2 N–H and O–H groups in total. The zero-order valence-electron chi connectivity index (χ0n) is 7.95. The summed E-state index contributed by atoms with van der Waals surface area (Å²) in [5.41, 5.74) is 0. The van der Waals surface area contributed by atoms with E-state index in [0.29, 0.717) is 6.10 Å². The average Bonchev–Trinajstić information content (AvgIpc) is 2.56. The van der Waals surface area contributed by atoms with Crippen LogP contribution in [-0.2, 0) is 9.53 Å². The molecule has 0 radical (unpaired) electrons. The van der Waals surface area contributed by atoms with Crippen molar-refractivity contribution in [1.29, 1.82) is 0 Å². The van der Waals surface area contributed by atoms with Crippen LogP contribution in [0.25, 0.3) is 0 Å². The Hall–Kier alpha value is -0.610. The highest BCUT2D eigenvalue weighted by atomic mass is 16.5. The van der Waals surface area contributed by atoms with Crippen LogP contribution >= 0.6 is 0 Å². The lowest BCUT2D eigenvalue weighted by molar-refractivity contribution is -0.139. The van der Waals surface area contributed by atoms with Gasteiger partial charge in [0, 0.05) is 6.61 Å². The number of nitrogens with one attached hydrogen (secondary N) is 1. The van der Waals surface area contributed by atoms with E-state index in [2.05, 4.69) is 5.32 Å². The molecule has 1 saturated heterocycles. The van der Waals surface area contributed by atoms with Crippen LogP contribution in [0, 0.1) is 0 Å². The van der Waals surface area contributed by atoms with E-state index in [-0.39, 0.29) is 0 Å². The highest BCUT2D eigenvalue weighted by Crippen LogP contribution is 2.14. The number of ether oxygens (including phenoxy) is 1. The minimum absolute atomic E-state index is 0.341. The molecule has 0 aromatic carbocycles. The molecule has 1 fully saturated rings. The first-order valence-electron chi connectivity index (χ1n) is 4.78. The smallest absolute Gasteiger partial charge is 0.320 e. The van der Waals surface area contributed by atoms with Crippen LogP contribution in [0.15, 0.2) is 0 Å². The Kier molecular flexibility index (Phi) is 4.18. The summed E-state index contributed by atoms with van der Waals surface area (Å²) in [6.07, 6.45) is 3.51. The Morgan fingerprint density at radius 2 is 2.54 bits per heavy atom. The van der Waals surface area contributed by atoms with E-state index in [1.54, 1.807) is 6.92 Å². The van der Waals surface area contributed by atoms with Crippen molar-refractivity contribution in [2.24, 2.45) is 0 Å². The Bertz CT molecular complexity index is 166. The van der Waals surface area contributed by atoms with E-state index in [9.17, 15) is 4.79 Å². The van der Waals surface area contributed by atoms with E-state index < -0.39 is 12.0 Å². The second-order valence-corrected chi connectivity index (χ2v) is 3.44. The summed E-state index contributed by atoms with van der Waals surface area (Å²) in [6, 6.07) is -0.457. The fraction of sp³-hybridized carbons (Fsp3) is 0.889. The minimum Gasteiger partial charge on any atom is -0.480 e. The molecule has 0 bridgehead atoms. The normalized spacial score (nSPS) is 24.5. The van der Waals surface area contributed by atoms with E-state index in [4.69, 9.17) is 9.84 Å². The van der Waals surface area contributed by atoms with Crippen molar-refractivity contribution in [3.63, 3.8) is 0 Å². The second kappa shape index (κ2) is 5.19. The quantitative estimate of drug-likeness (QED) is 0.662. The van der Waals surface area contributed by atoms with Gasteiger partial charge in [-0.2, -0.15) is 0 Å². The van der Waals surface area contributed by atoms with Gasteiger partial charge in [0.05, 0.1) is 6.10 Å². The van der Waals surface area contributed by atoms with Gasteiger partial charge in [0.1, 0.15) is 6.04 Å². The van der Waals surface area contributed by atoms with Gasteiger partial charge in [0.2, 0.25) is 0 Å². The van der Waals surface area contributed by atoms with Crippen LogP contribution in [0.2, 0.25) is 0 Å². The van der Waals surface area contributed by atoms with Gasteiger partial charge >= 0.3 is 5.97 Å². The van der Waals surface area contributed by atoms with Gasteiger partial charge in [-0.25, -0.2) is 0 Å². The Labute approximate surface area is 78.3 Å². The minimum atomic E-state index is -0.799. The largest absolute Gasteiger partial charge is 0.480 e. The highest BCUT2D eigenvalue weighted by molar-refractivity contribution is 5.72. The summed E-state index contributed by atoms with van der Waals surface area (Å²) < 4.78 is 5.41.